The zero-order chi connectivity index (χ0) is 13.8. The Kier molecular flexibility index (Phi) is 4.19. The molecule has 0 aromatic carbocycles. The molecule has 1 aromatic rings. The van der Waals surface area contributed by atoms with Crippen molar-refractivity contribution >= 4 is 11.9 Å². The first-order chi connectivity index (χ1) is 9.08. The fraction of sp³-hybridized carbons (Fsp3) is 0.615. The highest BCUT2D eigenvalue weighted by Crippen LogP contribution is 2.18. The summed E-state index contributed by atoms with van der Waals surface area (Å²) in [7, 11) is 0. The van der Waals surface area contributed by atoms with E-state index in [9.17, 15) is 9.59 Å². The molecule has 1 saturated heterocycles. The number of carboxylic acids is 1. The fourth-order valence-corrected chi connectivity index (χ4v) is 2.27. The molecule has 104 valence electrons. The van der Waals surface area contributed by atoms with E-state index in [-0.39, 0.29) is 18.9 Å². The molecular weight excluding hydrogens is 246 g/mol. The largest absolute Gasteiger partial charge is 0.481 e. The molecule has 0 bridgehead atoms. The van der Waals surface area contributed by atoms with Crippen LogP contribution in [0.4, 0.5) is 0 Å². The van der Waals surface area contributed by atoms with Gasteiger partial charge in [-0.05, 0) is 24.8 Å². The number of aliphatic carboxylic acids is 1. The number of rotatable bonds is 4. The van der Waals surface area contributed by atoms with E-state index in [0.717, 1.165) is 25.9 Å². The molecule has 0 unspecified atom stereocenters. The number of carboxylic acid groups (broad SMARTS) is 1. The van der Waals surface area contributed by atoms with Gasteiger partial charge in [0.1, 0.15) is 5.69 Å². The van der Waals surface area contributed by atoms with Crippen LogP contribution in [0.25, 0.3) is 0 Å². The van der Waals surface area contributed by atoms with Gasteiger partial charge in [0.25, 0.3) is 5.91 Å². The molecule has 1 aliphatic rings. The maximum Gasteiger partial charge on any atom is 0.305 e. The maximum atomic E-state index is 12.4. The molecule has 1 aliphatic heterocycles. The summed E-state index contributed by atoms with van der Waals surface area (Å²) in [6.07, 6.45) is 3.56. The molecule has 2 heterocycles. The fourth-order valence-electron chi connectivity index (χ4n) is 2.27. The van der Waals surface area contributed by atoms with Gasteiger partial charge >= 0.3 is 5.97 Å². The third kappa shape index (κ3) is 3.33. The summed E-state index contributed by atoms with van der Waals surface area (Å²) in [5, 5.41) is 12.7. The highest BCUT2D eigenvalue weighted by atomic mass is 16.4. The second-order valence-corrected chi connectivity index (χ2v) is 5.06. The molecule has 2 rings (SSSR count). The lowest BCUT2D eigenvalue weighted by Gasteiger charge is -2.30. The summed E-state index contributed by atoms with van der Waals surface area (Å²) in [4.78, 5) is 24.8. The summed E-state index contributed by atoms with van der Waals surface area (Å²) in [5.74, 6) is -0.267. The second-order valence-electron chi connectivity index (χ2n) is 5.06. The van der Waals surface area contributed by atoms with Crippen molar-refractivity contribution in [3.8, 4) is 0 Å². The average molecular weight is 265 g/mol. The molecule has 19 heavy (non-hydrogen) atoms. The highest BCUT2D eigenvalue weighted by Gasteiger charge is 2.23. The number of carbonyl (C=O) groups is 2. The molecule has 0 radical (unpaired) electrons. The quantitative estimate of drug-likeness (QED) is 0.888. The third-order valence-corrected chi connectivity index (χ3v) is 3.54. The maximum absolute atomic E-state index is 12.4. The van der Waals surface area contributed by atoms with Crippen LogP contribution in [0.5, 0.6) is 0 Å². The first-order valence-electron chi connectivity index (χ1n) is 6.61. The van der Waals surface area contributed by atoms with Gasteiger partial charge in [-0.25, -0.2) is 0 Å². The lowest BCUT2D eigenvalue weighted by atomic mass is 9.99. The van der Waals surface area contributed by atoms with Crippen molar-refractivity contribution in [3.63, 3.8) is 0 Å². The zero-order valence-corrected chi connectivity index (χ0v) is 11.1. The van der Waals surface area contributed by atoms with E-state index in [4.69, 9.17) is 5.11 Å². The normalized spacial score (nSPS) is 16.6. The van der Waals surface area contributed by atoms with Crippen LogP contribution >= 0.6 is 0 Å². The number of carbonyl (C=O) groups excluding carboxylic acids is 1. The predicted molar refractivity (Wildman–Crippen MR) is 68.8 cm³/mol. The van der Waals surface area contributed by atoms with Gasteiger partial charge in [0.15, 0.2) is 0 Å². The van der Waals surface area contributed by atoms with Gasteiger partial charge in [0, 0.05) is 19.3 Å². The Morgan fingerprint density at radius 1 is 1.42 bits per heavy atom. The topological polar surface area (TPSA) is 75.4 Å². The van der Waals surface area contributed by atoms with Crippen molar-refractivity contribution in [2.24, 2.45) is 5.92 Å². The van der Waals surface area contributed by atoms with Crippen LogP contribution in [0.15, 0.2) is 12.3 Å². The van der Waals surface area contributed by atoms with Crippen molar-refractivity contribution in [2.75, 3.05) is 13.1 Å². The van der Waals surface area contributed by atoms with Crippen molar-refractivity contribution in [2.45, 2.75) is 32.7 Å². The number of piperidine rings is 1. The van der Waals surface area contributed by atoms with Crippen molar-refractivity contribution < 1.29 is 14.7 Å². The van der Waals surface area contributed by atoms with E-state index in [1.54, 1.807) is 12.3 Å². The standard InChI is InChI=1S/C13H19N3O3/c1-10-3-7-15(8-4-10)13(19)11-2-6-14-16(11)9-5-12(17)18/h2,6,10H,3-5,7-9H2,1H3,(H,17,18). The second kappa shape index (κ2) is 5.86. The smallest absolute Gasteiger partial charge is 0.305 e. The number of amides is 1. The third-order valence-electron chi connectivity index (χ3n) is 3.54. The minimum Gasteiger partial charge on any atom is -0.481 e. The number of aromatic nitrogens is 2. The minimum atomic E-state index is -0.888. The van der Waals surface area contributed by atoms with Crippen LogP contribution in [0.1, 0.15) is 36.7 Å². The lowest BCUT2D eigenvalue weighted by Crippen LogP contribution is -2.39. The van der Waals surface area contributed by atoms with Crippen molar-refractivity contribution in [3.05, 3.63) is 18.0 Å². The van der Waals surface area contributed by atoms with E-state index >= 15 is 0 Å². The highest BCUT2D eigenvalue weighted by molar-refractivity contribution is 5.92. The number of hydrogen-bond donors (Lipinski definition) is 1. The first-order valence-corrected chi connectivity index (χ1v) is 6.61. The average Bonchev–Trinajstić information content (AvgIpc) is 2.84. The molecule has 6 heteroatoms. The molecule has 0 spiro atoms. The zero-order valence-electron chi connectivity index (χ0n) is 11.1. The predicted octanol–water partition coefficient (Wildman–Crippen LogP) is 1.23. The van der Waals surface area contributed by atoms with E-state index in [1.807, 2.05) is 4.90 Å². The summed E-state index contributed by atoms with van der Waals surface area (Å²) in [6, 6.07) is 1.65. The van der Waals surface area contributed by atoms with E-state index in [2.05, 4.69) is 12.0 Å². The molecule has 1 amide bonds. The first kappa shape index (κ1) is 13.6. The number of nitrogens with zero attached hydrogens (tertiary/aromatic N) is 3. The van der Waals surface area contributed by atoms with E-state index in [1.165, 1.54) is 4.68 Å². The summed E-state index contributed by atoms with van der Waals surface area (Å²) in [5.41, 5.74) is 0.482. The molecule has 1 aromatic heterocycles. The van der Waals surface area contributed by atoms with Gasteiger partial charge in [-0.15, -0.1) is 0 Å². The molecular formula is C13H19N3O3. The van der Waals surface area contributed by atoms with Crippen molar-refractivity contribution in [1.82, 2.24) is 14.7 Å². The van der Waals surface area contributed by atoms with Gasteiger partial charge < -0.3 is 10.0 Å². The summed E-state index contributed by atoms with van der Waals surface area (Å²) < 4.78 is 1.48. The number of hydrogen-bond acceptors (Lipinski definition) is 3. The van der Waals surface area contributed by atoms with Gasteiger partial charge in [-0.3, -0.25) is 14.3 Å². The minimum absolute atomic E-state index is 0.0288. The Hall–Kier alpha value is -1.85. The van der Waals surface area contributed by atoms with Crippen LogP contribution in [0.3, 0.4) is 0 Å². The van der Waals surface area contributed by atoms with Crippen LogP contribution in [-0.2, 0) is 11.3 Å². The van der Waals surface area contributed by atoms with Crippen LogP contribution in [0.2, 0.25) is 0 Å². The van der Waals surface area contributed by atoms with E-state index in [0.29, 0.717) is 11.6 Å². The molecule has 0 aliphatic carbocycles. The van der Waals surface area contributed by atoms with Gasteiger partial charge in [-0.1, -0.05) is 6.92 Å². The molecule has 1 fully saturated rings. The molecule has 0 saturated carbocycles. The van der Waals surface area contributed by atoms with Crippen LogP contribution in [0, 0.1) is 5.92 Å². The molecule has 6 nitrogen and oxygen atoms in total. The Labute approximate surface area is 112 Å². The van der Waals surface area contributed by atoms with Crippen LogP contribution in [-0.4, -0.2) is 44.8 Å². The number of aryl methyl sites for hydroxylation is 1. The number of likely N-dealkylation sites (tertiary alicyclic amines) is 1. The lowest BCUT2D eigenvalue weighted by molar-refractivity contribution is -0.137. The van der Waals surface area contributed by atoms with Gasteiger partial charge in [0.05, 0.1) is 13.0 Å². The SMILES string of the molecule is CC1CCN(C(=O)c2ccnn2CCC(=O)O)CC1. The Morgan fingerprint density at radius 2 is 2.11 bits per heavy atom. The Balaban J connectivity index is 2.03. The summed E-state index contributed by atoms with van der Waals surface area (Å²) in [6.45, 7) is 3.96. The van der Waals surface area contributed by atoms with Gasteiger partial charge in [-0.2, -0.15) is 5.10 Å². The molecule has 1 N–H and O–H groups in total. The van der Waals surface area contributed by atoms with Gasteiger partial charge in [0.2, 0.25) is 0 Å². The molecule has 0 atom stereocenters. The Bertz CT molecular complexity index is 461. The Morgan fingerprint density at radius 3 is 2.74 bits per heavy atom. The van der Waals surface area contributed by atoms with Crippen LogP contribution < -0.4 is 0 Å². The van der Waals surface area contributed by atoms with E-state index < -0.39 is 5.97 Å². The van der Waals surface area contributed by atoms with Crippen molar-refractivity contribution in [1.29, 1.82) is 0 Å². The summed E-state index contributed by atoms with van der Waals surface area (Å²) >= 11 is 0. The monoisotopic (exact) mass is 265 g/mol.